The van der Waals surface area contributed by atoms with E-state index in [0.29, 0.717) is 0 Å². The minimum atomic E-state index is -0.831. The second-order valence-corrected chi connectivity index (χ2v) is 4.84. The van der Waals surface area contributed by atoms with E-state index in [9.17, 15) is 4.79 Å². The lowest BCUT2D eigenvalue weighted by molar-refractivity contribution is -0.137. The molecule has 1 atom stereocenters. The summed E-state index contributed by atoms with van der Waals surface area (Å²) in [6.07, 6.45) is 4.57. The van der Waals surface area contributed by atoms with Gasteiger partial charge in [0.25, 0.3) is 0 Å². The first-order valence-corrected chi connectivity index (χ1v) is 6.18. The number of hydrogen-bond acceptors (Lipinski definition) is 2. The molecule has 17 heavy (non-hydrogen) atoms. The predicted molar refractivity (Wildman–Crippen MR) is 67.0 cm³/mol. The number of carboxylic acids is 1. The summed E-state index contributed by atoms with van der Waals surface area (Å²) in [6, 6.07) is 3.70. The van der Waals surface area contributed by atoms with Crippen molar-refractivity contribution in [2.75, 3.05) is 0 Å². The molecule has 0 aliphatic heterocycles. The number of aliphatic carboxylic acids is 1. The van der Waals surface area contributed by atoms with Crippen molar-refractivity contribution in [2.24, 2.45) is 5.73 Å². The molecule has 3 heteroatoms. The molecule has 0 heterocycles. The second-order valence-electron chi connectivity index (χ2n) is 4.84. The van der Waals surface area contributed by atoms with Crippen LogP contribution in [0.5, 0.6) is 0 Å². The van der Waals surface area contributed by atoms with Crippen LogP contribution in [0.25, 0.3) is 0 Å². The minimum absolute atomic E-state index is 0.00943. The Balaban J connectivity index is 2.37. The first-order valence-electron chi connectivity index (χ1n) is 6.18. The van der Waals surface area contributed by atoms with Crippen molar-refractivity contribution in [3.63, 3.8) is 0 Å². The van der Waals surface area contributed by atoms with Crippen molar-refractivity contribution in [3.8, 4) is 0 Å². The Morgan fingerprint density at radius 2 is 2.00 bits per heavy atom. The van der Waals surface area contributed by atoms with Crippen molar-refractivity contribution < 1.29 is 9.90 Å². The Kier molecular flexibility index (Phi) is 3.48. The third-order valence-corrected chi connectivity index (χ3v) is 3.60. The fourth-order valence-electron chi connectivity index (χ4n) is 2.72. The maximum absolute atomic E-state index is 10.7. The Labute approximate surface area is 102 Å². The highest BCUT2D eigenvalue weighted by atomic mass is 16.4. The molecule has 1 unspecified atom stereocenters. The molecule has 0 saturated heterocycles. The van der Waals surface area contributed by atoms with Gasteiger partial charge in [0.05, 0.1) is 6.42 Å². The topological polar surface area (TPSA) is 63.3 Å². The van der Waals surface area contributed by atoms with Crippen molar-refractivity contribution in [1.29, 1.82) is 0 Å². The van der Waals surface area contributed by atoms with Crippen molar-refractivity contribution in [2.45, 2.75) is 45.1 Å². The number of benzene rings is 1. The van der Waals surface area contributed by atoms with E-state index in [0.717, 1.165) is 18.4 Å². The molecule has 3 nitrogen and oxygen atoms in total. The van der Waals surface area contributed by atoms with Crippen LogP contribution in [-0.2, 0) is 17.6 Å². The lowest BCUT2D eigenvalue weighted by Crippen LogP contribution is -2.19. The van der Waals surface area contributed by atoms with Crippen LogP contribution in [0.15, 0.2) is 12.1 Å². The maximum atomic E-state index is 10.7. The normalized spacial score (nSPS) is 16.4. The summed E-state index contributed by atoms with van der Waals surface area (Å²) in [5, 5.41) is 8.82. The monoisotopic (exact) mass is 233 g/mol. The van der Waals surface area contributed by atoms with Gasteiger partial charge in [-0.3, -0.25) is 4.79 Å². The van der Waals surface area contributed by atoms with Crippen LogP contribution in [0.2, 0.25) is 0 Å². The average molecular weight is 233 g/mol. The molecule has 0 aromatic heterocycles. The van der Waals surface area contributed by atoms with Gasteiger partial charge in [0.2, 0.25) is 0 Å². The molecule has 0 radical (unpaired) electrons. The molecule has 1 aromatic carbocycles. The zero-order valence-electron chi connectivity index (χ0n) is 10.2. The highest BCUT2D eigenvalue weighted by Gasteiger charge is 2.20. The second kappa shape index (κ2) is 4.88. The van der Waals surface area contributed by atoms with E-state index >= 15 is 0 Å². The fraction of sp³-hybridized carbons (Fsp3) is 0.500. The maximum Gasteiger partial charge on any atom is 0.305 e. The van der Waals surface area contributed by atoms with Crippen LogP contribution in [0, 0.1) is 6.92 Å². The van der Waals surface area contributed by atoms with E-state index in [4.69, 9.17) is 10.8 Å². The summed E-state index contributed by atoms with van der Waals surface area (Å²) in [5.74, 6) is -0.831. The Bertz CT molecular complexity index is 440. The van der Waals surface area contributed by atoms with Crippen molar-refractivity contribution in [3.05, 3.63) is 34.4 Å². The summed E-state index contributed by atoms with van der Waals surface area (Å²) in [6.45, 7) is 2.12. The SMILES string of the molecule is Cc1ccc(C(N)CC(=O)O)c2c1CCCC2. The van der Waals surface area contributed by atoms with Gasteiger partial charge in [-0.15, -0.1) is 0 Å². The molecule has 0 spiro atoms. The number of carbonyl (C=O) groups is 1. The van der Waals surface area contributed by atoms with Crippen molar-refractivity contribution in [1.82, 2.24) is 0 Å². The Morgan fingerprint density at radius 3 is 2.65 bits per heavy atom. The molecule has 0 saturated carbocycles. The zero-order chi connectivity index (χ0) is 12.4. The van der Waals surface area contributed by atoms with Gasteiger partial charge >= 0.3 is 5.97 Å². The number of carboxylic acid groups (broad SMARTS) is 1. The average Bonchev–Trinajstić information content (AvgIpc) is 2.29. The summed E-state index contributed by atoms with van der Waals surface area (Å²) >= 11 is 0. The van der Waals surface area contributed by atoms with Crippen LogP contribution in [0.3, 0.4) is 0 Å². The van der Waals surface area contributed by atoms with Gasteiger partial charge in [-0.1, -0.05) is 12.1 Å². The van der Waals surface area contributed by atoms with Crippen LogP contribution in [0.4, 0.5) is 0 Å². The van der Waals surface area contributed by atoms with Crippen LogP contribution >= 0.6 is 0 Å². The van der Waals surface area contributed by atoms with E-state index in [1.54, 1.807) is 0 Å². The highest BCUT2D eigenvalue weighted by molar-refractivity contribution is 5.68. The zero-order valence-corrected chi connectivity index (χ0v) is 10.2. The molecule has 92 valence electrons. The van der Waals surface area contributed by atoms with E-state index in [1.807, 2.05) is 6.07 Å². The lowest BCUT2D eigenvalue weighted by Gasteiger charge is -2.24. The highest BCUT2D eigenvalue weighted by Crippen LogP contribution is 2.30. The molecule has 1 aliphatic carbocycles. The van der Waals surface area contributed by atoms with Crippen LogP contribution < -0.4 is 5.73 Å². The van der Waals surface area contributed by atoms with E-state index in [-0.39, 0.29) is 12.5 Å². The first-order chi connectivity index (χ1) is 8.09. The Morgan fingerprint density at radius 1 is 1.35 bits per heavy atom. The van der Waals surface area contributed by atoms with E-state index < -0.39 is 5.97 Å². The van der Waals surface area contributed by atoms with Gasteiger partial charge in [0, 0.05) is 6.04 Å². The summed E-state index contributed by atoms with van der Waals surface area (Å²) in [7, 11) is 0. The van der Waals surface area contributed by atoms with Gasteiger partial charge in [-0.25, -0.2) is 0 Å². The van der Waals surface area contributed by atoms with Gasteiger partial charge in [-0.05, 0) is 54.9 Å². The standard InChI is InChI=1S/C14H19NO2/c1-9-6-7-12(13(15)8-14(16)17)11-5-3-2-4-10(9)11/h6-7,13H,2-5,8,15H2,1H3,(H,16,17). The predicted octanol–water partition coefficient (Wildman–Crippen LogP) is 2.35. The van der Waals surface area contributed by atoms with Crippen molar-refractivity contribution >= 4 is 5.97 Å². The van der Waals surface area contributed by atoms with E-state index in [2.05, 4.69) is 13.0 Å². The first kappa shape index (κ1) is 12.1. The molecule has 1 aromatic rings. The molecule has 2 rings (SSSR count). The summed E-state index contributed by atoms with van der Waals surface area (Å²) in [5.41, 5.74) is 11.0. The largest absolute Gasteiger partial charge is 0.481 e. The minimum Gasteiger partial charge on any atom is -0.481 e. The smallest absolute Gasteiger partial charge is 0.305 e. The number of hydrogen-bond donors (Lipinski definition) is 2. The number of rotatable bonds is 3. The third-order valence-electron chi connectivity index (χ3n) is 3.60. The molecule has 0 bridgehead atoms. The molecular weight excluding hydrogens is 214 g/mol. The van der Waals surface area contributed by atoms with Gasteiger partial charge in [0.1, 0.15) is 0 Å². The van der Waals surface area contributed by atoms with Gasteiger partial charge < -0.3 is 10.8 Å². The summed E-state index contributed by atoms with van der Waals surface area (Å²) < 4.78 is 0. The van der Waals surface area contributed by atoms with Gasteiger partial charge in [0.15, 0.2) is 0 Å². The molecule has 3 N–H and O–H groups in total. The van der Waals surface area contributed by atoms with Crippen LogP contribution in [0.1, 0.15) is 47.6 Å². The molecule has 0 amide bonds. The number of fused-ring (bicyclic) bond motifs is 1. The number of aryl methyl sites for hydroxylation is 1. The molecule has 1 aliphatic rings. The quantitative estimate of drug-likeness (QED) is 0.842. The third kappa shape index (κ3) is 2.50. The summed E-state index contributed by atoms with van der Waals surface area (Å²) in [4.78, 5) is 10.7. The number of nitrogens with two attached hydrogens (primary N) is 1. The van der Waals surface area contributed by atoms with Crippen LogP contribution in [-0.4, -0.2) is 11.1 Å². The van der Waals surface area contributed by atoms with E-state index in [1.165, 1.54) is 29.5 Å². The molecule has 0 fully saturated rings. The fourth-order valence-corrected chi connectivity index (χ4v) is 2.72. The Hall–Kier alpha value is -1.35. The molecular formula is C14H19NO2. The van der Waals surface area contributed by atoms with Gasteiger partial charge in [-0.2, -0.15) is 0 Å². The lowest BCUT2D eigenvalue weighted by atomic mass is 9.83.